The van der Waals surface area contributed by atoms with Gasteiger partial charge < -0.3 is 9.80 Å². The second kappa shape index (κ2) is 8.06. The molecule has 0 radical (unpaired) electrons. The van der Waals surface area contributed by atoms with Gasteiger partial charge in [-0.2, -0.15) is 0 Å². The largest absolute Gasteiger partial charge is 0.368 e. The van der Waals surface area contributed by atoms with Crippen LogP contribution >= 0.6 is 23.4 Å². The summed E-state index contributed by atoms with van der Waals surface area (Å²) in [7, 11) is 0. The number of rotatable bonds is 4. The number of piperazine rings is 1. The Hall–Kier alpha value is -1.79. The molecule has 0 spiro atoms. The maximum Gasteiger partial charge on any atom is 0.233 e. The molecule has 1 amide bonds. The molecule has 2 heterocycles. The molecule has 1 aromatic carbocycles. The van der Waals surface area contributed by atoms with Gasteiger partial charge in [0.05, 0.1) is 5.75 Å². The average molecular weight is 377 g/mol. The number of hydrogen-bond donors (Lipinski definition) is 0. The Bertz CT molecular complexity index is 742. The standard InChI is InChI=1S/C18H21ClN4OS/c1-13-10-17(21-14(2)20-13)25-12-18(24)23-8-6-22(7-9-23)16-5-3-4-15(19)11-16/h3-5,10-11H,6-9,12H2,1-2H3. The number of benzene rings is 1. The number of aryl methyl sites for hydroxylation is 2. The zero-order chi connectivity index (χ0) is 17.8. The van der Waals surface area contributed by atoms with E-state index in [2.05, 4.69) is 20.9 Å². The molecule has 1 aromatic heterocycles. The summed E-state index contributed by atoms with van der Waals surface area (Å²) in [4.78, 5) is 25.3. The number of aromatic nitrogens is 2. The van der Waals surface area contributed by atoms with E-state index < -0.39 is 0 Å². The molecule has 0 bridgehead atoms. The molecule has 1 saturated heterocycles. The third-order valence-electron chi connectivity index (χ3n) is 4.09. The van der Waals surface area contributed by atoms with Gasteiger partial charge in [-0.15, -0.1) is 0 Å². The van der Waals surface area contributed by atoms with Crippen molar-refractivity contribution in [1.29, 1.82) is 0 Å². The molecule has 7 heteroatoms. The van der Waals surface area contributed by atoms with Gasteiger partial charge in [-0.3, -0.25) is 4.79 Å². The van der Waals surface area contributed by atoms with Crippen LogP contribution in [0, 0.1) is 13.8 Å². The molecule has 3 rings (SSSR count). The lowest BCUT2D eigenvalue weighted by atomic mass is 10.2. The van der Waals surface area contributed by atoms with E-state index in [4.69, 9.17) is 11.6 Å². The Labute approximate surface area is 157 Å². The van der Waals surface area contributed by atoms with E-state index in [1.54, 1.807) is 0 Å². The second-order valence-corrected chi connectivity index (χ2v) is 7.46. The first-order chi connectivity index (χ1) is 12.0. The Kier molecular flexibility index (Phi) is 5.81. The number of carbonyl (C=O) groups is 1. The number of thioether (sulfide) groups is 1. The molecule has 132 valence electrons. The fourth-order valence-electron chi connectivity index (χ4n) is 2.87. The average Bonchev–Trinajstić information content (AvgIpc) is 2.59. The van der Waals surface area contributed by atoms with E-state index in [9.17, 15) is 4.79 Å². The van der Waals surface area contributed by atoms with Crippen LogP contribution in [0.25, 0.3) is 0 Å². The number of carbonyl (C=O) groups excluding carboxylic acids is 1. The Morgan fingerprint density at radius 2 is 1.92 bits per heavy atom. The van der Waals surface area contributed by atoms with Crippen molar-refractivity contribution in [2.75, 3.05) is 36.8 Å². The first-order valence-electron chi connectivity index (χ1n) is 8.24. The lowest BCUT2D eigenvalue weighted by Gasteiger charge is -2.36. The van der Waals surface area contributed by atoms with E-state index in [0.717, 1.165) is 53.4 Å². The molecule has 0 atom stereocenters. The minimum atomic E-state index is 0.157. The summed E-state index contributed by atoms with van der Waals surface area (Å²) in [5.41, 5.74) is 2.04. The van der Waals surface area contributed by atoms with E-state index in [-0.39, 0.29) is 5.91 Å². The normalized spacial score (nSPS) is 14.7. The van der Waals surface area contributed by atoms with Crippen molar-refractivity contribution in [1.82, 2.24) is 14.9 Å². The van der Waals surface area contributed by atoms with Gasteiger partial charge in [0.15, 0.2) is 0 Å². The van der Waals surface area contributed by atoms with E-state index in [1.165, 1.54) is 11.8 Å². The zero-order valence-electron chi connectivity index (χ0n) is 14.4. The third kappa shape index (κ3) is 4.86. The highest BCUT2D eigenvalue weighted by atomic mass is 35.5. The first kappa shape index (κ1) is 18.0. The van der Waals surface area contributed by atoms with Crippen LogP contribution in [0.2, 0.25) is 5.02 Å². The number of halogens is 1. The molecule has 0 saturated carbocycles. The van der Waals surface area contributed by atoms with Crippen LogP contribution in [-0.4, -0.2) is 52.7 Å². The maximum absolute atomic E-state index is 12.5. The van der Waals surface area contributed by atoms with Crippen LogP contribution in [0.1, 0.15) is 11.5 Å². The highest BCUT2D eigenvalue weighted by molar-refractivity contribution is 7.99. The molecule has 1 fully saturated rings. The molecule has 2 aromatic rings. The number of amides is 1. The van der Waals surface area contributed by atoms with Gasteiger partial charge in [0, 0.05) is 42.6 Å². The van der Waals surface area contributed by atoms with Crippen molar-refractivity contribution in [2.45, 2.75) is 18.9 Å². The lowest BCUT2D eigenvalue weighted by Crippen LogP contribution is -2.49. The monoisotopic (exact) mass is 376 g/mol. The smallest absolute Gasteiger partial charge is 0.233 e. The summed E-state index contributed by atoms with van der Waals surface area (Å²) in [5.74, 6) is 1.31. The van der Waals surface area contributed by atoms with Crippen molar-refractivity contribution in [2.24, 2.45) is 0 Å². The summed E-state index contributed by atoms with van der Waals surface area (Å²) >= 11 is 7.54. The Morgan fingerprint density at radius 1 is 1.16 bits per heavy atom. The van der Waals surface area contributed by atoms with Gasteiger partial charge in [-0.05, 0) is 38.1 Å². The molecule has 0 unspecified atom stereocenters. The summed E-state index contributed by atoms with van der Waals surface area (Å²) in [6.07, 6.45) is 0. The van der Waals surface area contributed by atoms with Gasteiger partial charge in [-0.1, -0.05) is 29.4 Å². The lowest BCUT2D eigenvalue weighted by molar-refractivity contribution is -0.128. The van der Waals surface area contributed by atoms with Gasteiger partial charge in [0.25, 0.3) is 0 Å². The fraction of sp³-hybridized carbons (Fsp3) is 0.389. The van der Waals surface area contributed by atoms with E-state index in [0.29, 0.717) is 5.75 Å². The van der Waals surface area contributed by atoms with Gasteiger partial charge in [0.1, 0.15) is 10.9 Å². The van der Waals surface area contributed by atoms with Crippen LogP contribution in [-0.2, 0) is 4.79 Å². The summed E-state index contributed by atoms with van der Waals surface area (Å²) in [6.45, 7) is 6.91. The van der Waals surface area contributed by atoms with Crippen LogP contribution in [0.4, 0.5) is 5.69 Å². The predicted molar refractivity (Wildman–Crippen MR) is 102 cm³/mol. The van der Waals surface area contributed by atoms with Crippen LogP contribution in [0.15, 0.2) is 35.4 Å². The van der Waals surface area contributed by atoms with Crippen molar-refractivity contribution in [3.05, 3.63) is 46.9 Å². The minimum absolute atomic E-state index is 0.157. The molecule has 0 N–H and O–H groups in total. The maximum atomic E-state index is 12.5. The molecule has 25 heavy (non-hydrogen) atoms. The summed E-state index contributed by atoms with van der Waals surface area (Å²) in [5, 5.41) is 1.60. The predicted octanol–water partition coefficient (Wildman–Crippen LogP) is 3.19. The first-order valence-corrected chi connectivity index (χ1v) is 9.61. The van der Waals surface area contributed by atoms with E-state index in [1.807, 2.05) is 43.0 Å². The molecule has 1 aliphatic heterocycles. The summed E-state index contributed by atoms with van der Waals surface area (Å²) in [6, 6.07) is 9.77. The number of hydrogen-bond acceptors (Lipinski definition) is 5. The van der Waals surface area contributed by atoms with Crippen molar-refractivity contribution >= 4 is 35.0 Å². The highest BCUT2D eigenvalue weighted by Crippen LogP contribution is 2.22. The second-order valence-electron chi connectivity index (χ2n) is 6.03. The molecule has 1 aliphatic rings. The summed E-state index contributed by atoms with van der Waals surface area (Å²) < 4.78 is 0. The quantitative estimate of drug-likeness (QED) is 0.606. The van der Waals surface area contributed by atoms with Crippen molar-refractivity contribution < 1.29 is 4.79 Å². The molecule has 0 aliphatic carbocycles. The van der Waals surface area contributed by atoms with Gasteiger partial charge in [0.2, 0.25) is 5.91 Å². The van der Waals surface area contributed by atoms with Gasteiger partial charge >= 0.3 is 0 Å². The van der Waals surface area contributed by atoms with Crippen LogP contribution in [0.3, 0.4) is 0 Å². The zero-order valence-corrected chi connectivity index (χ0v) is 16.0. The van der Waals surface area contributed by atoms with Gasteiger partial charge in [-0.25, -0.2) is 9.97 Å². The third-order valence-corrected chi connectivity index (χ3v) is 5.22. The topological polar surface area (TPSA) is 49.3 Å². The molecule has 5 nitrogen and oxygen atoms in total. The van der Waals surface area contributed by atoms with Crippen molar-refractivity contribution in [3.8, 4) is 0 Å². The van der Waals surface area contributed by atoms with Crippen LogP contribution < -0.4 is 4.90 Å². The highest BCUT2D eigenvalue weighted by Gasteiger charge is 2.21. The molecular weight excluding hydrogens is 356 g/mol. The fourth-order valence-corrected chi connectivity index (χ4v) is 3.96. The Morgan fingerprint density at radius 3 is 2.60 bits per heavy atom. The molecular formula is C18H21ClN4OS. The Balaban J connectivity index is 1.51. The number of anilines is 1. The minimum Gasteiger partial charge on any atom is -0.368 e. The van der Waals surface area contributed by atoms with Crippen LogP contribution in [0.5, 0.6) is 0 Å². The van der Waals surface area contributed by atoms with E-state index >= 15 is 0 Å². The van der Waals surface area contributed by atoms with Crippen molar-refractivity contribution in [3.63, 3.8) is 0 Å². The number of nitrogens with zero attached hydrogens (tertiary/aromatic N) is 4. The SMILES string of the molecule is Cc1cc(SCC(=O)N2CCN(c3cccc(Cl)c3)CC2)nc(C)n1.